The van der Waals surface area contributed by atoms with Gasteiger partial charge in [-0.05, 0) is 43.7 Å². The van der Waals surface area contributed by atoms with E-state index in [2.05, 4.69) is 25.5 Å². The fourth-order valence-corrected chi connectivity index (χ4v) is 5.18. The smallest absolute Gasteiger partial charge is 0.296 e. The lowest BCUT2D eigenvalue weighted by Crippen LogP contribution is -2.39. The molecule has 4 N–H and O–H groups in total. The number of hydrogen-bond donors (Lipinski definition) is 4. The van der Waals surface area contributed by atoms with Gasteiger partial charge in [-0.15, -0.1) is 0 Å². The summed E-state index contributed by atoms with van der Waals surface area (Å²) in [5, 5.41) is 25.3. The van der Waals surface area contributed by atoms with Crippen LogP contribution in [0.1, 0.15) is 37.9 Å². The number of alkyl halides is 2. The van der Waals surface area contributed by atoms with Crippen molar-refractivity contribution in [2.24, 2.45) is 5.92 Å². The van der Waals surface area contributed by atoms with Crippen LogP contribution in [0.5, 0.6) is 0 Å². The molecule has 12 heteroatoms. The van der Waals surface area contributed by atoms with Crippen LogP contribution in [0.3, 0.4) is 0 Å². The first-order valence-electron chi connectivity index (χ1n) is 13.3. The minimum absolute atomic E-state index is 0.245. The van der Waals surface area contributed by atoms with Crippen molar-refractivity contribution in [1.29, 1.82) is 0 Å². The van der Waals surface area contributed by atoms with Crippen LogP contribution in [0.4, 0.5) is 20.5 Å². The number of anilines is 2. The SMILES string of the molecule is OCC(O)CN[C@H]1CC[C@H](CNc2nc(N3CCOCC3)cc(-n3c(C(F)F)nc4ccccc43)n2)CC1. The first-order valence-corrected chi connectivity index (χ1v) is 13.3. The molecular weight excluding hydrogens is 496 g/mol. The number of nitrogens with zero attached hydrogens (tertiary/aromatic N) is 5. The summed E-state index contributed by atoms with van der Waals surface area (Å²) in [4.78, 5) is 15.7. The maximum absolute atomic E-state index is 14.0. The molecule has 1 saturated carbocycles. The molecule has 2 fully saturated rings. The van der Waals surface area contributed by atoms with E-state index in [1.54, 1.807) is 30.3 Å². The third-order valence-corrected chi connectivity index (χ3v) is 7.29. The lowest BCUT2D eigenvalue weighted by molar-refractivity contribution is 0.0896. The van der Waals surface area contributed by atoms with Crippen molar-refractivity contribution in [3.63, 3.8) is 0 Å². The fraction of sp³-hybridized carbons (Fsp3) is 0.577. The second-order valence-corrected chi connectivity index (χ2v) is 9.95. The van der Waals surface area contributed by atoms with Crippen molar-refractivity contribution < 1.29 is 23.7 Å². The minimum atomic E-state index is -2.76. The quantitative estimate of drug-likeness (QED) is 0.313. The number of aliphatic hydroxyl groups excluding tert-OH is 2. The Morgan fingerprint density at radius 1 is 1.03 bits per heavy atom. The van der Waals surface area contributed by atoms with Crippen molar-refractivity contribution in [3.05, 3.63) is 36.2 Å². The van der Waals surface area contributed by atoms with Crippen molar-refractivity contribution in [2.45, 2.75) is 44.3 Å². The van der Waals surface area contributed by atoms with E-state index in [0.29, 0.717) is 80.0 Å². The number of para-hydroxylation sites is 2. The molecule has 5 rings (SSSR count). The largest absolute Gasteiger partial charge is 0.394 e. The number of nitrogens with one attached hydrogen (secondary N) is 2. The number of benzene rings is 1. The molecule has 0 spiro atoms. The predicted octanol–water partition coefficient (Wildman–Crippen LogP) is 2.50. The number of fused-ring (bicyclic) bond motifs is 1. The minimum Gasteiger partial charge on any atom is -0.394 e. The standard InChI is InChI=1S/C26H35F2N7O3/c27-24(28)25-31-20-3-1-2-4-21(20)35(25)23-13-22(34-9-11-38-12-10-34)32-26(33-23)30-14-17-5-7-18(8-6-17)29-15-19(37)16-36/h1-4,13,17-19,24,29,36-37H,5-12,14-16H2,(H,30,32,33)/t17-,18-,19?. The molecule has 3 heterocycles. The van der Waals surface area contributed by atoms with Crippen molar-refractivity contribution >= 4 is 22.8 Å². The van der Waals surface area contributed by atoms with Crippen LogP contribution in [0.2, 0.25) is 0 Å². The van der Waals surface area contributed by atoms with Gasteiger partial charge in [-0.2, -0.15) is 9.97 Å². The molecule has 1 unspecified atom stereocenters. The van der Waals surface area contributed by atoms with E-state index in [1.165, 1.54) is 4.57 Å². The molecule has 206 valence electrons. The molecule has 0 radical (unpaired) electrons. The first kappa shape index (κ1) is 26.7. The summed E-state index contributed by atoms with van der Waals surface area (Å²) in [6.07, 6.45) is 0.447. The number of aliphatic hydroxyl groups is 2. The van der Waals surface area contributed by atoms with Gasteiger partial charge in [0.15, 0.2) is 5.82 Å². The van der Waals surface area contributed by atoms with Gasteiger partial charge in [0.2, 0.25) is 5.95 Å². The van der Waals surface area contributed by atoms with E-state index >= 15 is 0 Å². The average Bonchev–Trinajstić information content (AvgIpc) is 3.36. The highest BCUT2D eigenvalue weighted by molar-refractivity contribution is 5.78. The monoisotopic (exact) mass is 531 g/mol. The molecule has 0 bridgehead atoms. The molecular formula is C26H35F2N7O3. The second kappa shape index (κ2) is 12.3. The van der Waals surface area contributed by atoms with Gasteiger partial charge < -0.3 is 30.5 Å². The second-order valence-electron chi connectivity index (χ2n) is 9.95. The maximum atomic E-state index is 14.0. The Balaban J connectivity index is 1.36. The van der Waals surface area contributed by atoms with Gasteiger partial charge in [0, 0.05) is 38.3 Å². The molecule has 1 saturated heterocycles. The Labute approximate surface area is 220 Å². The van der Waals surface area contributed by atoms with E-state index in [-0.39, 0.29) is 12.4 Å². The molecule has 10 nitrogen and oxygen atoms in total. The first-order chi connectivity index (χ1) is 18.5. The molecule has 1 atom stereocenters. The third-order valence-electron chi connectivity index (χ3n) is 7.29. The Morgan fingerprint density at radius 3 is 2.50 bits per heavy atom. The van der Waals surface area contributed by atoms with Gasteiger partial charge >= 0.3 is 0 Å². The van der Waals surface area contributed by atoms with Crippen LogP contribution in [0.15, 0.2) is 30.3 Å². The summed E-state index contributed by atoms with van der Waals surface area (Å²) in [7, 11) is 0. The number of hydrogen-bond acceptors (Lipinski definition) is 9. The van der Waals surface area contributed by atoms with Gasteiger partial charge in [0.25, 0.3) is 6.43 Å². The van der Waals surface area contributed by atoms with E-state index in [9.17, 15) is 13.9 Å². The Bertz CT molecular complexity index is 1200. The fourth-order valence-electron chi connectivity index (χ4n) is 5.18. The van der Waals surface area contributed by atoms with E-state index in [4.69, 9.17) is 14.8 Å². The summed E-state index contributed by atoms with van der Waals surface area (Å²) in [6, 6.07) is 9.13. The van der Waals surface area contributed by atoms with E-state index in [1.807, 2.05) is 0 Å². The average molecular weight is 532 g/mol. The summed E-state index contributed by atoms with van der Waals surface area (Å²) in [6.45, 7) is 3.28. The summed E-state index contributed by atoms with van der Waals surface area (Å²) in [5.41, 5.74) is 1.05. The number of ether oxygens (including phenoxy) is 1. The normalized spacial score (nSPS) is 21.2. The molecule has 0 amide bonds. The Morgan fingerprint density at radius 2 is 1.76 bits per heavy atom. The van der Waals surface area contributed by atoms with Crippen molar-refractivity contribution in [1.82, 2.24) is 24.8 Å². The zero-order chi connectivity index (χ0) is 26.5. The third kappa shape index (κ3) is 6.20. The van der Waals surface area contributed by atoms with Crippen LogP contribution < -0.4 is 15.5 Å². The molecule has 2 aromatic heterocycles. The molecule has 38 heavy (non-hydrogen) atoms. The highest BCUT2D eigenvalue weighted by Gasteiger charge is 2.25. The maximum Gasteiger partial charge on any atom is 0.296 e. The zero-order valence-corrected chi connectivity index (χ0v) is 21.3. The Hall–Kier alpha value is -2.93. The van der Waals surface area contributed by atoms with Crippen molar-refractivity contribution in [3.8, 4) is 5.82 Å². The Kier molecular flexibility index (Phi) is 8.62. The summed E-state index contributed by atoms with van der Waals surface area (Å²) < 4.78 is 35.0. The molecule has 3 aromatic rings. The van der Waals surface area contributed by atoms with Crippen LogP contribution in [-0.4, -0.2) is 87.9 Å². The van der Waals surface area contributed by atoms with Gasteiger partial charge in [-0.3, -0.25) is 4.57 Å². The summed E-state index contributed by atoms with van der Waals surface area (Å²) >= 11 is 0. The number of aromatic nitrogens is 4. The van der Waals surface area contributed by atoms with Gasteiger partial charge in [-0.1, -0.05) is 12.1 Å². The van der Waals surface area contributed by atoms with Crippen LogP contribution >= 0.6 is 0 Å². The van der Waals surface area contributed by atoms with Crippen LogP contribution in [-0.2, 0) is 4.74 Å². The highest BCUT2D eigenvalue weighted by atomic mass is 19.3. The number of morpholine rings is 1. The van der Waals surface area contributed by atoms with Gasteiger partial charge in [0.1, 0.15) is 11.6 Å². The molecule has 1 aromatic carbocycles. The molecule has 1 aliphatic heterocycles. The van der Waals surface area contributed by atoms with Crippen LogP contribution in [0, 0.1) is 5.92 Å². The highest BCUT2D eigenvalue weighted by Crippen LogP contribution is 2.30. The topological polar surface area (TPSA) is 121 Å². The van der Waals surface area contributed by atoms with Crippen LogP contribution in [0.25, 0.3) is 16.9 Å². The lowest BCUT2D eigenvalue weighted by Gasteiger charge is -2.30. The summed E-state index contributed by atoms with van der Waals surface area (Å²) in [5.74, 6) is 1.48. The van der Waals surface area contributed by atoms with E-state index in [0.717, 1.165) is 25.7 Å². The number of rotatable bonds is 10. The molecule has 2 aliphatic rings. The number of halogens is 2. The zero-order valence-electron chi connectivity index (χ0n) is 21.3. The lowest BCUT2D eigenvalue weighted by atomic mass is 9.86. The van der Waals surface area contributed by atoms with E-state index < -0.39 is 12.5 Å². The predicted molar refractivity (Wildman–Crippen MR) is 140 cm³/mol. The number of imidazole rings is 1. The molecule has 1 aliphatic carbocycles. The van der Waals surface area contributed by atoms with Crippen molar-refractivity contribution in [2.75, 3.05) is 56.2 Å². The van der Waals surface area contributed by atoms with Gasteiger partial charge in [0.05, 0.1) is 37.0 Å². The van der Waals surface area contributed by atoms with Gasteiger partial charge in [-0.25, -0.2) is 13.8 Å².